The van der Waals surface area contributed by atoms with Gasteiger partial charge in [0.2, 0.25) is 0 Å². The molecule has 0 radical (unpaired) electrons. The highest BCUT2D eigenvalue weighted by Crippen LogP contribution is 2.35. The fraction of sp³-hybridized carbons (Fsp3) is 0.429. The molecule has 0 spiro atoms. The first kappa shape index (κ1) is 13.0. The molecule has 0 saturated carbocycles. The fourth-order valence-electron chi connectivity index (χ4n) is 2.11. The van der Waals surface area contributed by atoms with Crippen molar-refractivity contribution in [1.29, 1.82) is 0 Å². The summed E-state index contributed by atoms with van der Waals surface area (Å²) >= 11 is 0. The molecule has 2 rings (SSSR count). The van der Waals surface area contributed by atoms with Crippen LogP contribution in [0.2, 0.25) is 0 Å². The van der Waals surface area contributed by atoms with Crippen LogP contribution in [0.1, 0.15) is 31.7 Å². The van der Waals surface area contributed by atoms with Gasteiger partial charge >= 0.3 is 0 Å². The van der Waals surface area contributed by atoms with Crippen molar-refractivity contribution >= 4 is 5.57 Å². The summed E-state index contributed by atoms with van der Waals surface area (Å²) in [4.78, 5) is 0. The van der Waals surface area contributed by atoms with Gasteiger partial charge in [0, 0.05) is 11.6 Å². The van der Waals surface area contributed by atoms with E-state index in [4.69, 9.17) is 4.74 Å². The van der Waals surface area contributed by atoms with Crippen LogP contribution in [0.5, 0.6) is 0 Å². The molecule has 0 amide bonds. The zero-order valence-corrected chi connectivity index (χ0v) is 10.2. The van der Waals surface area contributed by atoms with Crippen LogP contribution in [0.25, 0.3) is 5.57 Å². The molecule has 2 nitrogen and oxygen atoms in total. The summed E-state index contributed by atoms with van der Waals surface area (Å²) < 4.78 is 32.0. The molecule has 1 aliphatic rings. The molecule has 0 aliphatic carbocycles. The molecular formula is C14H16F2O2. The number of allylic oxidation sites excluding steroid dienone is 1. The van der Waals surface area contributed by atoms with E-state index in [2.05, 4.69) is 0 Å². The normalized spacial score (nSPS) is 23.4. The third-order valence-electron chi connectivity index (χ3n) is 3.51. The largest absolute Gasteiger partial charge is 0.492 e. The van der Waals surface area contributed by atoms with Gasteiger partial charge in [0.15, 0.2) is 0 Å². The Balaban J connectivity index is 2.24. The van der Waals surface area contributed by atoms with Crippen molar-refractivity contribution in [3.05, 3.63) is 41.7 Å². The highest BCUT2D eigenvalue weighted by Gasteiger charge is 2.32. The third kappa shape index (κ3) is 2.38. The van der Waals surface area contributed by atoms with Crippen LogP contribution in [0.3, 0.4) is 0 Å². The number of hydrogen-bond donors (Lipinski definition) is 1. The van der Waals surface area contributed by atoms with Gasteiger partial charge in [0.25, 0.3) is 0 Å². The molecule has 1 aromatic rings. The molecule has 0 aromatic heterocycles. The van der Waals surface area contributed by atoms with Gasteiger partial charge in [-0.25, -0.2) is 8.78 Å². The number of hydrogen-bond acceptors (Lipinski definition) is 2. The molecule has 0 saturated heterocycles. The summed E-state index contributed by atoms with van der Waals surface area (Å²) in [5, 5.41) is 9.31. The first-order valence-electron chi connectivity index (χ1n) is 6.03. The molecule has 1 aliphatic heterocycles. The van der Waals surface area contributed by atoms with Crippen LogP contribution >= 0.6 is 0 Å². The van der Waals surface area contributed by atoms with Crippen LogP contribution in [-0.4, -0.2) is 17.3 Å². The summed E-state index contributed by atoms with van der Waals surface area (Å²) in [6.07, 6.45) is 3.42. The Labute approximate surface area is 105 Å². The van der Waals surface area contributed by atoms with Gasteiger partial charge < -0.3 is 9.84 Å². The van der Waals surface area contributed by atoms with Gasteiger partial charge in [-0.3, -0.25) is 0 Å². The lowest BCUT2D eigenvalue weighted by atomic mass is 9.88. The topological polar surface area (TPSA) is 29.5 Å². The van der Waals surface area contributed by atoms with Crippen molar-refractivity contribution in [2.45, 2.75) is 31.8 Å². The fourth-order valence-corrected chi connectivity index (χ4v) is 2.11. The van der Waals surface area contributed by atoms with Crippen molar-refractivity contribution in [2.75, 3.05) is 6.61 Å². The van der Waals surface area contributed by atoms with Gasteiger partial charge in [-0.05, 0) is 37.0 Å². The third-order valence-corrected chi connectivity index (χ3v) is 3.51. The van der Waals surface area contributed by atoms with E-state index in [9.17, 15) is 13.9 Å². The van der Waals surface area contributed by atoms with Crippen LogP contribution in [0.15, 0.2) is 24.5 Å². The van der Waals surface area contributed by atoms with Gasteiger partial charge in [0.05, 0.1) is 12.9 Å². The van der Waals surface area contributed by atoms with Gasteiger partial charge in [-0.15, -0.1) is 0 Å². The second-order valence-electron chi connectivity index (χ2n) is 4.58. The standard InChI is InChI=1S/C14H16F2O2/c1-2-14(9-17)6-5-10(8-18-14)12-4-3-11(15)7-13(12)16/h3-4,7-8,17H,2,5-6,9H2,1H3/t14-/m0/s1. The van der Waals surface area contributed by atoms with Crippen molar-refractivity contribution in [1.82, 2.24) is 0 Å². The van der Waals surface area contributed by atoms with Gasteiger partial charge in [-0.1, -0.05) is 6.92 Å². The number of halogens is 2. The lowest BCUT2D eigenvalue weighted by Gasteiger charge is -2.34. The van der Waals surface area contributed by atoms with E-state index in [0.29, 0.717) is 30.4 Å². The lowest BCUT2D eigenvalue weighted by molar-refractivity contribution is -0.0411. The van der Waals surface area contributed by atoms with E-state index < -0.39 is 17.2 Å². The van der Waals surface area contributed by atoms with E-state index in [1.165, 1.54) is 18.4 Å². The van der Waals surface area contributed by atoms with Crippen LogP contribution in [0, 0.1) is 11.6 Å². The summed E-state index contributed by atoms with van der Waals surface area (Å²) in [7, 11) is 0. The first-order valence-corrected chi connectivity index (χ1v) is 6.03. The predicted molar refractivity (Wildman–Crippen MR) is 64.8 cm³/mol. The minimum atomic E-state index is -0.591. The second-order valence-corrected chi connectivity index (χ2v) is 4.58. The van der Waals surface area contributed by atoms with Gasteiger partial charge in [0.1, 0.15) is 17.2 Å². The van der Waals surface area contributed by atoms with Crippen molar-refractivity contribution in [3.63, 3.8) is 0 Å². The molecule has 0 fully saturated rings. The molecule has 1 heterocycles. The summed E-state index contributed by atoms with van der Waals surface area (Å²) in [5.74, 6) is -1.18. The van der Waals surface area contributed by atoms with E-state index in [0.717, 1.165) is 6.07 Å². The van der Waals surface area contributed by atoms with E-state index in [-0.39, 0.29) is 6.61 Å². The summed E-state index contributed by atoms with van der Waals surface area (Å²) in [6.45, 7) is 1.88. The number of ether oxygens (including phenoxy) is 1. The van der Waals surface area contributed by atoms with Gasteiger partial charge in [-0.2, -0.15) is 0 Å². The minimum absolute atomic E-state index is 0.0564. The molecule has 1 aromatic carbocycles. The molecule has 18 heavy (non-hydrogen) atoms. The van der Waals surface area contributed by atoms with Crippen molar-refractivity contribution in [2.24, 2.45) is 0 Å². The van der Waals surface area contributed by atoms with E-state index >= 15 is 0 Å². The van der Waals surface area contributed by atoms with Crippen LogP contribution < -0.4 is 0 Å². The molecular weight excluding hydrogens is 238 g/mol. The Kier molecular flexibility index (Phi) is 3.66. The molecule has 1 N–H and O–H groups in total. The second kappa shape index (κ2) is 5.06. The van der Waals surface area contributed by atoms with E-state index in [1.807, 2.05) is 6.92 Å². The predicted octanol–water partition coefficient (Wildman–Crippen LogP) is 3.26. The van der Waals surface area contributed by atoms with Crippen LogP contribution in [0.4, 0.5) is 8.78 Å². The maximum absolute atomic E-state index is 13.6. The highest BCUT2D eigenvalue weighted by atomic mass is 19.1. The Bertz CT molecular complexity index is 465. The average Bonchev–Trinajstić information content (AvgIpc) is 2.39. The Morgan fingerprint density at radius 1 is 1.39 bits per heavy atom. The zero-order valence-electron chi connectivity index (χ0n) is 10.2. The Hall–Kier alpha value is -1.42. The number of benzene rings is 1. The Morgan fingerprint density at radius 2 is 2.17 bits per heavy atom. The first-order chi connectivity index (χ1) is 8.60. The lowest BCUT2D eigenvalue weighted by Crippen LogP contribution is -2.36. The summed E-state index contributed by atoms with van der Waals surface area (Å²) in [6, 6.07) is 3.51. The zero-order chi connectivity index (χ0) is 13.2. The van der Waals surface area contributed by atoms with Crippen molar-refractivity contribution in [3.8, 4) is 0 Å². The van der Waals surface area contributed by atoms with Crippen LogP contribution in [-0.2, 0) is 4.74 Å². The maximum atomic E-state index is 13.6. The number of aliphatic hydroxyl groups excluding tert-OH is 1. The summed E-state index contributed by atoms with van der Waals surface area (Å²) in [5.41, 5.74) is 0.504. The highest BCUT2D eigenvalue weighted by molar-refractivity contribution is 5.65. The quantitative estimate of drug-likeness (QED) is 0.897. The number of aliphatic hydroxyl groups is 1. The molecule has 1 atom stereocenters. The average molecular weight is 254 g/mol. The van der Waals surface area contributed by atoms with Crippen molar-refractivity contribution < 1.29 is 18.6 Å². The Morgan fingerprint density at radius 3 is 2.67 bits per heavy atom. The maximum Gasteiger partial charge on any atom is 0.133 e. The molecule has 0 bridgehead atoms. The number of rotatable bonds is 3. The molecule has 98 valence electrons. The smallest absolute Gasteiger partial charge is 0.133 e. The molecule has 0 unspecified atom stereocenters. The van der Waals surface area contributed by atoms with E-state index in [1.54, 1.807) is 0 Å². The SMILES string of the molecule is CC[C@@]1(CO)CCC(c2ccc(F)cc2F)=CO1. The monoisotopic (exact) mass is 254 g/mol. The molecule has 4 heteroatoms. The minimum Gasteiger partial charge on any atom is -0.492 e.